The lowest BCUT2D eigenvalue weighted by Crippen LogP contribution is -2.60. The third-order valence-electron chi connectivity index (χ3n) is 3.84. The van der Waals surface area contributed by atoms with Gasteiger partial charge in [-0.05, 0) is 37.8 Å². The van der Waals surface area contributed by atoms with E-state index in [1.54, 1.807) is 23.6 Å². The predicted molar refractivity (Wildman–Crippen MR) is 86.1 cm³/mol. The molecule has 114 valence electrons. The quantitative estimate of drug-likeness (QED) is 0.907. The molecule has 0 radical (unpaired) electrons. The fourth-order valence-electron chi connectivity index (χ4n) is 2.68. The van der Waals surface area contributed by atoms with Crippen molar-refractivity contribution in [3.05, 3.63) is 35.9 Å². The molecule has 2 amide bonds. The van der Waals surface area contributed by atoms with Crippen molar-refractivity contribution >= 4 is 23.6 Å². The molecule has 1 heterocycles. The molecule has 3 unspecified atom stereocenters. The second kappa shape index (κ2) is 6.98. The zero-order valence-corrected chi connectivity index (χ0v) is 13.5. The summed E-state index contributed by atoms with van der Waals surface area (Å²) in [4.78, 5) is 26.8. The standard InChI is InChI=1S/C16H22N2O2S/c1-11(9-10-21-3)18-14(13-7-5-4-6-8-13)15(19)17-12(2)16(18)20/h4-8,11-12,14H,9-10H2,1-3H3,(H,17,19). The number of rotatable bonds is 5. The molecule has 2 rings (SSSR count). The maximum atomic E-state index is 12.6. The van der Waals surface area contributed by atoms with Crippen LogP contribution in [0.15, 0.2) is 30.3 Å². The Morgan fingerprint density at radius 1 is 1.29 bits per heavy atom. The number of carbonyl (C=O) groups excluding carboxylic acids is 2. The number of piperazine rings is 1. The first-order chi connectivity index (χ1) is 10.1. The molecule has 1 aromatic rings. The Labute approximate surface area is 130 Å². The van der Waals surface area contributed by atoms with Gasteiger partial charge in [-0.2, -0.15) is 11.8 Å². The number of nitrogens with one attached hydrogen (secondary N) is 1. The van der Waals surface area contributed by atoms with Crippen LogP contribution in [-0.2, 0) is 9.59 Å². The Hall–Kier alpha value is -1.49. The van der Waals surface area contributed by atoms with E-state index in [9.17, 15) is 9.59 Å². The average Bonchev–Trinajstić information content (AvgIpc) is 2.49. The summed E-state index contributed by atoms with van der Waals surface area (Å²) < 4.78 is 0. The van der Waals surface area contributed by atoms with Crippen LogP contribution >= 0.6 is 11.8 Å². The van der Waals surface area contributed by atoms with E-state index in [-0.39, 0.29) is 17.9 Å². The van der Waals surface area contributed by atoms with Gasteiger partial charge in [-0.1, -0.05) is 30.3 Å². The van der Waals surface area contributed by atoms with Crippen LogP contribution in [0.3, 0.4) is 0 Å². The summed E-state index contributed by atoms with van der Waals surface area (Å²) in [5.74, 6) is 0.879. The Morgan fingerprint density at radius 3 is 2.57 bits per heavy atom. The highest BCUT2D eigenvalue weighted by atomic mass is 32.2. The molecule has 1 N–H and O–H groups in total. The number of amides is 2. The van der Waals surface area contributed by atoms with Crippen molar-refractivity contribution in [2.45, 2.75) is 38.4 Å². The molecule has 4 nitrogen and oxygen atoms in total. The number of nitrogens with zero attached hydrogens (tertiary/aromatic N) is 1. The van der Waals surface area contributed by atoms with Gasteiger partial charge in [0, 0.05) is 6.04 Å². The lowest BCUT2D eigenvalue weighted by atomic mass is 9.97. The molecule has 1 aliphatic rings. The lowest BCUT2D eigenvalue weighted by Gasteiger charge is -2.41. The van der Waals surface area contributed by atoms with Gasteiger partial charge in [-0.3, -0.25) is 9.59 Å². The second-order valence-corrected chi connectivity index (χ2v) is 6.41. The summed E-state index contributed by atoms with van der Waals surface area (Å²) in [6.07, 6.45) is 2.94. The van der Waals surface area contributed by atoms with E-state index in [0.717, 1.165) is 17.7 Å². The van der Waals surface area contributed by atoms with Crippen LogP contribution in [0.25, 0.3) is 0 Å². The zero-order chi connectivity index (χ0) is 15.4. The topological polar surface area (TPSA) is 49.4 Å². The van der Waals surface area contributed by atoms with E-state index in [2.05, 4.69) is 11.6 Å². The van der Waals surface area contributed by atoms with Crippen LogP contribution in [0.5, 0.6) is 0 Å². The molecule has 0 spiro atoms. The third-order valence-corrected chi connectivity index (χ3v) is 4.48. The normalized spacial score (nSPS) is 23.9. The average molecular weight is 306 g/mol. The Kier molecular flexibility index (Phi) is 5.28. The minimum Gasteiger partial charge on any atom is -0.342 e. The van der Waals surface area contributed by atoms with E-state index < -0.39 is 12.1 Å². The van der Waals surface area contributed by atoms with Gasteiger partial charge in [-0.15, -0.1) is 0 Å². The van der Waals surface area contributed by atoms with Gasteiger partial charge in [-0.25, -0.2) is 0 Å². The molecule has 21 heavy (non-hydrogen) atoms. The minimum atomic E-state index is -0.522. The predicted octanol–water partition coefficient (Wildman–Crippen LogP) is 2.22. The van der Waals surface area contributed by atoms with Crippen molar-refractivity contribution in [1.82, 2.24) is 10.2 Å². The minimum absolute atomic E-state index is 0.00273. The van der Waals surface area contributed by atoms with Crippen LogP contribution in [0.4, 0.5) is 0 Å². The largest absolute Gasteiger partial charge is 0.342 e. The fourth-order valence-corrected chi connectivity index (χ4v) is 3.25. The number of thioether (sulfide) groups is 1. The number of benzene rings is 1. The number of carbonyl (C=O) groups is 2. The molecule has 0 aliphatic carbocycles. The summed E-state index contributed by atoms with van der Waals surface area (Å²) in [6, 6.07) is 8.59. The highest BCUT2D eigenvalue weighted by molar-refractivity contribution is 7.98. The molecule has 1 aromatic carbocycles. The molecule has 0 saturated carbocycles. The second-order valence-electron chi connectivity index (χ2n) is 5.42. The van der Waals surface area contributed by atoms with Gasteiger partial charge in [0.2, 0.25) is 11.8 Å². The summed E-state index contributed by atoms with van der Waals surface area (Å²) in [5, 5.41) is 2.78. The zero-order valence-electron chi connectivity index (χ0n) is 12.7. The van der Waals surface area contributed by atoms with Gasteiger partial charge in [0.25, 0.3) is 0 Å². The van der Waals surface area contributed by atoms with Gasteiger partial charge in [0.15, 0.2) is 0 Å². The Morgan fingerprint density at radius 2 is 1.95 bits per heavy atom. The third kappa shape index (κ3) is 3.40. The van der Waals surface area contributed by atoms with Gasteiger partial charge in [0.05, 0.1) is 0 Å². The van der Waals surface area contributed by atoms with Crippen molar-refractivity contribution in [1.29, 1.82) is 0 Å². The van der Waals surface area contributed by atoms with Crippen molar-refractivity contribution < 1.29 is 9.59 Å². The Balaban J connectivity index is 2.32. The van der Waals surface area contributed by atoms with E-state index in [1.807, 2.05) is 37.3 Å². The van der Waals surface area contributed by atoms with Crippen LogP contribution in [0, 0.1) is 0 Å². The molecular formula is C16H22N2O2S. The molecule has 1 fully saturated rings. The van der Waals surface area contributed by atoms with Gasteiger partial charge >= 0.3 is 0 Å². The Bertz CT molecular complexity index is 506. The van der Waals surface area contributed by atoms with Crippen molar-refractivity contribution in [2.75, 3.05) is 12.0 Å². The maximum Gasteiger partial charge on any atom is 0.248 e. The van der Waals surface area contributed by atoms with Gasteiger partial charge in [0.1, 0.15) is 12.1 Å². The molecule has 3 atom stereocenters. The van der Waals surface area contributed by atoms with Crippen molar-refractivity contribution in [3.8, 4) is 0 Å². The summed E-state index contributed by atoms with van der Waals surface area (Å²) in [5.41, 5.74) is 0.867. The lowest BCUT2D eigenvalue weighted by molar-refractivity contribution is -0.151. The number of hydrogen-bond acceptors (Lipinski definition) is 3. The first-order valence-electron chi connectivity index (χ1n) is 7.22. The SMILES string of the molecule is CSCCC(C)N1C(=O)C(C)NC(=O)C1c1ccccc1. The van der Waals surface area contributed by atoms with E-state index in [4.69, 9.17) is 0 Å². The summed E-state index contributed by atoms with van der Waals surface area (Å²) in [7, 11) is 0. The van der Waals surface area contributed by atoms with Crippen LogP contribution in [0.1, 0.15) is 31.9 Å². The highest BCUT2D eigenvalue weighted by Gasteiger charge is 2.41. The van der Waals surface area contributed by atoms with Crippen LogP contribution in [-0.4, -0.2) is 40.8 Å². The van der Waals surface area contributed by atoms with Crippen molar-refractivity contribution in [2.24, 2.45) is 0 Å². The molecule has 1 saturated heterocycles. The van der Waals surface area contributed by atoms with E-state index in [0.29, 0.717) is 0 Å². The first kappa shape index (κ1) is 15.9. The fraction of sp³-hybridized carbons (Fsp3) is 0.500. The molecule has 0 aromatic heterocycles. The molecule has 1 aliphatic heterocycles. The molecular weight excluding hydrogens is 284 g/mol. The van der Waals surface area contributed by atoms with E-state index in [1.165, 1.54) is 0 Å². The van der Waals surface area contributed by atoms with Crippen LogP contribution in [0.2, 0.25) is 0 Å². The summed E-state index contributed by atoms with van der Waals surface area (Å²) >= 11 is 1.76. The molecule has 0 bridgehead atoms. The summed E-state index contributed by atoms with van der Waals surface area (Å²) in [6.45, 7) is 3.77. The molecule has 5 heteroatoms. The monoisotopic (exact) mass is 306 g/mol. The smallest absolute Gasteiger partial charge is 0.248 e. The maximum absolute atomic E-state index is 12.6. The van der Waals surface area contributed by atoms with Crippen molar-refractivity contribution in [3.63, 3.8) is 0 Å². The number of hydrogen-bond donors (Lipinski definition) is 1. The first-order valence-corrected chi connectivity index (χ1v) is 8.62. The highest BCUT2D eigenvalue weighted by Crippen LogP contribution is 2.28. The van der Waals surface area contributed by atoms with Gasteiger partial charge < -0.3 is 10.2 Å². The van der Waals surface area contributed by atoms with E-state index >= 15 is 0 Å². The van der Waals surface area contributed by atoms with Crippen LogP contribution < -0.4 is 5.32 Å².